The predicted molar refractivity (Wildman–Crippen MR) is 72.6 cm³/mol. The van der Waals surface area contributed by atoms with Crippen LogP contribution in [0.3, 0.4) is 0 Å². The summed E-state index contributed by atoms with van der Waals surface area (Å²) in [4.78, 5) is 24.2. The van der Waals surface area contributed by atoms with Gasteiger partial charge in [0.1, 0.15) is 0 Å². The molecule has 0 saturated heterocycles. The number of carbonyl (C=O) groups is 2. The average molecular weight is 248 g/mol. The molecule has 1 N–H and O–H groups in total. The molecule has 4 nitrogen and oxygen atoms in total. The second-order valence-corrected chi connectivity index (χ2v) is 4.44. The first kappa shape index (κ1) is 14.2. The van der Waals surface area contributed by atoms with Crippen LogP contribution in [0.5, 0.6) is 0 Å². The van der Waals surface area contributed by atoms with Gasteiger partial charge in [-0.2, -0.15) is 0 Å². The molecule has 0 bridgehead atoms. The van der Waals surface area contributed by atoms with Crippen molar-refractivity contribution in [2.75, 3.05) is 18.0 Å². The first-order chi connectivity index (χ1) is 8.41. The van der Waals surface area contributed by atoms with Gasteiger partial charge >= 0.3 is 0 Å². The molecule has 0 aliphatic rings. The van der Waals surface area contributed by atoms with Crippen molar-refractivity contribution in [3.8, 4) is 0 Å². The van der Waals surface area contributed by atoms with E-state index in [4.69, 9.17) is 0 Å². The summed E-state index contributed by atoms with van der Waals surface area (Å²) >= 11 is 0. The fourth-order valence-electron chi connectivity index (χ4n) is 1.80. The van der Waals surface area contributed by atoms with E-state index < -0.39 is 0 Å². The van der Waals surface area contributed by atoms with Crippen LogP contribution in [0.1, 0.15) is 25.0 Å². The van der Waals surface area contributed by atoms with Crippen molar-refractivity contribution in [2.45, 2.75) is 27.7 Å². The highest BCUT2D eigenvalue weighted by molar-refractivity contribution is 5.92. The van der Waals surface area contributed by atoms with E-state index in [9.17, 15) is 9.59 Å². The summed E-state index contributed by atoms with van der Waals surface area (Å²) in [7, 11) is 0. The van der Waals surface area contributed by atoms with Crippen molar-refractivity contribution in [3.05, 3.63) is 29.3 Å². The van der Waals surface area contributed by atoms with Gasteiger partial charge < -0.3 is 10.2 Å². The fraction of sp³-hybridized carbons (Fsp3) is 0.429. The average Bonchev–Trinajstić information content (AvgIpc) is 2.27. The number of amides is 2. The molecule has 1 rings (SSSR count). The Bertz CT molecular complexity index is 455. The molecule has 0 aliphatic carbocycles. The topological polar surface area (TPSA) is 49.4 Å². The molecule has 4 heteroatoms. The third kappa shape index (κ3) is 3.87. The van der Waals surface area contributed by atoms with Gasteiger partial charge in [0.25, 0.3) is 0 Å². The maximum absolute atomic E-state index is 11.7. The number of aryl methyl sites for hydroxylation is 2. The molecule has 0 spiro atoms. The maximum atomic E-state index is 11.7. The Morgan fingerprint density at radius 2 is 1.89 bits per heavy atom. The number of rotatable bonds is 4. The third-order valence-corrected chi connectivity index (χ3v) is 2.74. The van der Waals surface area contributed by atoms with E-state index in [0.717, 1.165) is 16.8 Å². The van der Waals surface area contributed by atoms with Crippen molar-refractivity contribution in [3.63, 3.8) is 0 Å². The van der Waals surface area contributed by atoms with Crippen LogP contribution in [0, 0.1) is 13.8 Å². The Hall–Kier alpha value is -1.84. The fourth-order valence-corrected chi connectivity index (χ4v) is 1.80. The zero-order valence-electron chi connectivity index (χ0n) is 11.4. The summed E-state index contributed by atoms with van der Waals surface area (Å²) in [6, 6.07) is 6.01. The van der Waals surface area contributed by atoms with Crippen LogP contribution in [0.15, 0.2) is 18.2 Å². The van der Waals surface area contributed by atoms with Gasteiger partial charge in [0.15, 0.2) is 0 Å². The van der Waals surface area contributed by atoms with Gasteiger partial charge in [-0.05, 0) is 31.0 Å². The second-order valence-electron chi connectivity index (χ2n) is 4.44. The first-order valence-electron chi connectivity index (χ1n) is 6.01. The predicted octanol–water partition coefficient (Wildman–Crippen LogP) is 1.79. The molecular weight excluding hydrogens is 228 g/mol. The highest BCUT2D eigenvalue weighted by Crippen LogP contribution is 2.21. The Balaban J connectivity index is 2.87. The molecule has 0 aromatic heterocycles. The van der Waals surface area contributed by atoms with E-state index in [1.165, 1.54) is 13.8 Å². The number of hydrogen-bond donors (Lipinski definition) is 1. The molecule has 98 valence electrons. The number of nitrogens with one attached hydrogen (secondary N) is 1. The van der Waals surface area contributed by atoms with Crippen molar-refractivity contribution < 1.29 is 9.59 Å². The summed E-state index contributed by atoms with van der Waals surface area (Å²) < 4.78 is 0. The second kappa shape index (κ2) is 6.19. The van der Waals surface area contributed by atoms with Gasteiger partial charge in [0.05, 0.1) is 0 Å². The van der Waals surface area contributed by atoms with Gasteiger partial charge in [0.2, 0.25) is 11.8 Å². The van der Waals surface area contributed by atoms with E-state index in [-0.39, 0.29) is 11.8 Å². The number of hydrogen-bond acceptors (Lipinski definition) is 2. The van der Waals surface area contributed by atoms with E-state index in [2.05, 4.69) is 5.32 Å². The van der Waals surface area contributed by atoms with Crippen LogP contribution >= 0.6 is 0 Å². The lowest BCUT2D eigenvalue weighted by atomic mass is 10.1. The quantitative estimate of drug-likeness (QED) is 0.883. The zero-order valence-corrected chi connectivity index (χ0v) is 11.4. The molecular formula is C14H20N2O2. The lowest BCUT2D eigenvalue weighted by molar-refractivity contribution is -0.119. The summed E-state index contributed by atoms with van der Waals surface area (Å²) in [5, 5.41) is 2.70. The SMILES string of the molecule is CC(=O)NCCN(C(C)=O)c1cc(C)ccc1C. The van der Waals surface area contributed by atoms with Crippen LogP contribution in [0.4, 0.5) is 5.69 Å². The minimum absolute atomic E-state index is 0.0194. The molecule has 0 atom stereocenters. The van der Waals surface area contributed by atoms with Crippen molar-refractivity contribution in [1.82, 2.24) is 5.32 Å². The lowest BCUT2D eigenvalue weighted by Gasteiger charge is -2.23. The van der Waals surface area contributed by atoms with Crippen LogP contribution in [-0.4, -0.2) is 24.9 Å². The van der Waals surface area contributed by atoms with Gasteiger partial charge in [-0.1, -0.05) is 12.1 Å². The van der Waals surface area contributed by atoms with Crippen LogP contribution in [-0.2, 0) is 9.59 Å². The minimum atomic E-state index is -0.0838. The molecule has 0 fully saturated rings. The summed E-state index contributed by atoms with van der Waals surface area (Å²) in [6.07, 6.45) is 0. The Morgan fingerprint density at radius 1 is 1.22 bits per heavy atom. The van der Waals surface area contributed by atoms with E-state index in [1.54, 1.807) is 4.90 Å². The molecule has 0 heterocycles. The largest absolute Gasteiger partial charge is 0.355 e. The third-order valence-electron chi connectivity index (χ3n) is 2.74. The monoisotopic (exact) mass is 248 g/mol. The minimum Gasteiger partial charge on any atom is -0.355 e. The summed E-state index contributed by atoms with van der Waals surface area (Å²) in [6.45, 7) is 7.92. The molecule has 18 heavy (non-hydrogen) atoms. The van der Waals surface area contributed by atoms with Crippen molar-refractivity contribution in [2.24, 2.45) is 0 Å². The van der Waals surface area contributed by atoms with E-state index in [0.29, 0.717) is 13.1 Å². The number of anilines is 1. The number of nitrogens with zero attached hydrogens (tertiary/aromatic N) is 1. The van der Waals surface area contributed by atoms with Crippen molar-refractivity contribution in [1.29, 1.82) is 0 Å². The van der Waals surface area contributed by atoms with Gasteiger partial charge in [0, 0.05) is 32.6 Å². The molecule has 2 amide bonds. The molecule has 1 aromatic rings. The standard InChI is InChI=1S/C14H20N2O2/c1-10-5-6-11(2)14(9-10)16(13(4)18)8-7-15-12(3)17/h5-6,9H,7-8H2,1-4H3,(H,15,17). The van der Waals surface area contributed by atoms with Gasteiger partial charge in [-0.15, -0.1) is 0 Å². The number of carbonyl (C=O) groups excluding carboxylic acids is 2. The molecule has 0 aliphatic heterocycles. The Morgan fingerprint density at radius 3 is 2.44 bits per heavy atom. The van der Waals surface area contributed by atoms with Crippen LogP contribution in [0.25, 0.3) is 0 Å². The van der Waals surface area contributed by atoms with Crippen molar-refractivity contribution >= 4 is 17.5 Å². The highest BCUT2D eigenvalue weighted by atomic mass is 16.2. The molecule has 0 unspecified atom stereocenters. The normalized spacial score (nSPS) is 10.0. The molecule has 1 aromatic carbocycles. The Labute approximate surface area is 108 Å². The number of benzene rings is 1. The summed E-state index contributed by atoms with van der Waals surface area (Å²) in [5.74, 6) is -0.103. The molecule has 0 saturated carbocycles. The smallest absolute Gasteiger partial charge is 0.223 e. The van der Waals surface area contributed by atoms with Gasteiger partial charge in [-0.25, -0.2) is 0 Å². The maximum Gasteiger partial charge on any atom is 0.223 e. The van der Waals surface area contributed by atoms with Crippen LogP contribution < -0.4 is 10.2 Å². The van der Waals surface area contributed by atoms with E-state index >= 15 is 0 Å². The molecule has 0 radical (unpaired) electrons. The van der Waals surface area contributed by atoms with E-state index in [1.807, 2.05) is 32.0 Å². The van der Waals surface area contributed by atoms with Gasteiger partial charge in [-0.3, -0.25) is 9.59 Å². The highest BCUT2D eigenvalue weighted by Gasteiger charge is 2.13. The lowest BCUT2D eigenvalue weighted by Crippen LogP contribution is -2.37. The summed E-state index contributed by atoms with van der Waals surface area (Å²) in [5.41, 5.74) is 3.08. The Kier molecular flexibility index (Phi) is 4.89. The zero-order chi connectivity index (χ0) is 13.7. The van der Waals surface area contributed by atoms with Crippen LogP contribution in [0.2, 0.25) is 0 Å². The first-order valence-corrected chi connectivity index (χ1v) is 6.01.